The number of carbonyl (C=O) groups excluding carboxylic acids is 2. The molecule has 3 aromatic rings. The quantitative estimate of drug-likeness (QED) is 0.219. The van der Waals surface area contributed by atoms with Crippen LogP contribution in [0.1, 0.15) is 19.4 Å². The third-order valence-electron chi connectivity index (χ3n) is 4.87. The number of carbonyl (C=O) groups is 2. The largest absolute Gasteiger partial charge is 0.423 e. The summed E-state index contributed by atoms with van der Waals surface area (Å²) < 4.78 is 39.7. The van der Waals surface area contributed by atoms with E-state index in [1.165, 1.54) is 44.2 Å². The summed E-state index contributed by atoms with van der Waals surface area (Å²) in [6.07, 6.45) is 1.54. The highest BCUT2D eigenvalue weighted by Gasteiger charge is 2.15. The van der Waals surface area contributed by atoms with Gasteiger partial charge in [0.1, 0.15) is 23.1 Å². The molecule has 0 bridgehead atoms. The number of rotatable bonds is 7. The zero-order valence-electron chi connectivity index (χ0n) is 18.8. The fourth-order valence-corrected chi connectivity index (χ4v) is 3.10. The molecule has 0 aromatic heterocycles. The van der Waals surface area contributed by atoms with E-state index >= 15 is 0 Å². The highest BCUT2D eigenvalue weighted by molar-refractivity contribution is 5.89. The van der Waals surface area contributed by atoms with Gasteiger partial charge in [0, 0.05) is 34.4 Å². The first-order valence-corrected chi connectivity index (χ1v) is 10.2. The van der Waals surface area contributed by atoms with E-state index in [2.05, 4.69) is 19.7 Å². The van der Waals surface area contributed by atoms with Crippen LogP contribution in [0, 0.1) is 11.6 Å². The Morgan fingerprint density at radius 3 is 1.65 bits per heavy atom. The molecule has 0 aliphatic rings. The lowest BCUT2D eigenvalue weighted by Crippen LogP contribution is -2.08. The zero-order chi connectivity index (χ0) is 25.0. The first-order chi connectivity index (χ1) is 16.1. The predicted octanol–water partition coefficient (Wildman–Crippen LogP) is 6.90. The first-order valence-electron chi connectivity index (χ1n) is 10.2. The summed E-state index contributed by atoms with van der Waals surface area (Å²) >= 11 is 0. The van der Waals surface area contributed by atoms with Crippen LogP contribution in [-0.4, -0.2) is 11.9 Å². The van der Waals surface area contributed by atoms with Gasteiger partial charge in [0.2, 0.25) is 0 Å². The van der Waals surface area contributed by atoms with E-state index in [0.717, 1.165) is 12.1 Å². The van der Waals surface area contributed by atoms with Crippen molar-refractivity contribution in [3.63, 3.8) is 0 Å². The van der Waals surface area contributed by atoms with Crippen LogP contribution in [0.2, 0.25) is 0 Å². The Balaban J connectivity index is 1.93. The second kappa shape index (κ2) is 10.1. The van der Waals surface area contributed by atoms with Crippen LogP contribution in [0.3, 0.4) is 0 Å². The number of ether oxygens (including phenoxy) is 2. The maximum absolute atomic E-state index is 14.8. The summed E-state index contributed by atoms with van der Waals surface area (Å²) in [5, 5.41) is 0. The second-order valence-corrected chi connectivity index (χ2v) is 7.63. The summed E-state index contributed by atoms with van der Waals surface area (Å²) in [6, 6.07) is 13.1. The summed E-state index contributed by atoms with van der Waals surface area (Å²) in [6.45, 7) is 13.8. The van der Waals surface area contributed by atoms with Crippen LogP contribution in [0.25, 0.3) is 28.3 Å². The molecule has 0 N–H and O–H groups in total. The SMILES string of the molecule is C=Cc1cc(-c2ccc(OC(=O)C(=C)C)cc2F)ccc1-c1ccc(OC(=O)C(=C)C)cc1F. The minimum absolute atomic E-state index is 0.0560. The van der Waals surface area contributed by atoms with Crippen molar-refractivity contribution in [1.29, 1.82) is 0 Å². The summed E-state index contributed by atoms with van der Waals surface area (Å²) in [5.74, 6) is -2.37. The van der Waals surface area contributed by atoms with E-state index in [9.17, 15) is 18.4 Å². The molecule has 0 saturated carbocycles. The zero-order valence-corrected chi connectivity index (χ0v) is 18.8. The van der Waals surface area contributed by atoms with Gasteiger partial charge in [0.15, 0.2) is 0 Å². The van der Waals surface area contributed by atoms with E-state index < -0.39 is 23.6 Å². The molecule has 0 aliphatic heterocycles. The van der Waals surface area contributed by atoms with Gasteiger partial charge in [-0.1, -0.05) is 37.9 Å². The van der Waals surface area contributed by atoms with Gasteiger partial charge in [-0.3, -0.25) is 0 Å². The van der Waals surface area contributed by atoms with Gasteiger partial charge in [0.05, 0.1) is 0 Å². The predicted molar refractivity (Wildman–Crippen MR) is 128 cm³/mol. The number of halogens is 2. The molecular weight excluding hydrogens is 438 g/mol. The molecule has 0 aliphatic carbocycles. The Morgan fingerprint density at radius 1 is 0.735 bits per heavy atom. The Labute approximate surface area is 196 Å². The van der Waals surface area contributed by atoms with Crippen LogP contribution in [0.4, 0.5) is 8.78 Å². The average Bonchev–Trinajstić information content (AvgIpc) is 2.79. The Bertz CT molecular complexity index is 1340. The molecule has 172 valence electrons. The van der Waals surface area contributed by atoms with Crippen molar-refractivity contribution >= 4 is 18.0 Å². The van der Waals surface area contributed by atoms with E-state index in [1.807, 2.05) is 0 Å². The first kappa shape index (κ1) is 24.3. The lowest BCUT2D eigenvalue weighted by molar-refractivity contribution is -0.130. The third kappa shape index (κ3) is 5.35. The number of benzene rings is 3. The smallest absolute Gasteiger partial charge is 0.338 e. The van der Waals surface area contributed by atoms with Crippen LogP contribution < -0.4 is 9.47 Å². The fraction of sp³-hybridized carbons (Fsp3) is 0.0714. The molecule has 0 heterocycles. The molecule has 4 nitrogen and oxygen atoms in total. The average molecular weight is 460 g/mol. The minimum atomic E-state index is -0.647. The fourth-order valence-electron chi connectivity index (χ4n) is 3.10. The Morgan fingerprint density at radius 2 is 1.21 bits per heavy atom. The summed E-state index contributed by atoms with van der Waals surface area (Å²) in [4.78, 5) is 23.3. The molecule has 0 radical (unpaired) electrons. The van der Waals surface area contributed by atoms with Crippen molar-refractivity contribution in [2.24, 2.45) is 0 Å². The molecule has 0 atom stereocenters. The summed E-state index contributed by atoms with van der Waals surface area (Å²) in [5.41, 5.74) is 2.56. The van der Waals surface area contributed by atoms with Crippen molar-refractivity contribution in [3.8, 4) is 33.8 Å². The van der Waals surface area contributed by atoms with Gasteiger partial charge in [-0.25, -0.2) is 18.4 Å². The molecule has 0 fully saturated rings. The van der Waals surface area contributed by atoms with E-state index in [1.54, 1.807) is 18.2 Å². The highest BCUT2D eigenvalue weighted by Crippen LogP contribution is 2.34. The number of hydrogen-bond donors (Lipinski definition) is 0. The lowest BCUT2D eigenvalue weighted by Gasteiger charge is -2.13. The second-order valence-electron chi connectivity index (χ2n) is 7.63. The molecule has 0 unspecified atom stereocenters. The lowest BCUT2D eigenvalue weighted by atomic mass is 9.94. The van der Waals surface area contributed by atoms with Crippen LogP contribution in [0.15, 0.2) is 85.5 Å². The Hall–Kier alpha value is -4.32. The van der Waals surface area contributed by atoms with E-state index in [-0.39, 0.29) is 33.8 Å². The molecule has 3 aromatic carbocycles. The number of esters is 2. The monoisotopic (exact) mass is 460 g/mol. The maximum Gasteiger partial charge on any atom is 0.338 e. The topological polar surface area (TPSA) is 52.6 Å². The van der Waals surface area contributed by atoms with Crippen molar-refractivity contribution in [2.75, 3.05) is 0 Å². The third-order valence-corrected chi connectivity index (χ3v) is 4.87. The van der Waals surface area contributed by atoms with E-state index in [0.29, 0.717) is 16.7 Å². The van der Waals surface area contributed by atoms with Crippen molar-refractivity contribution in [2.45, 2.75) is 13.8 Å². The van der Waals surface area contributed by atoms with Crippen molar-refractivity contribution in [1.82, 2.24) is 0 Å². The highest BCUT2D eigenvalue weighted by atomic mass is 19.1. The van der Waals surface area contributed by atoms with Crippen LogP contribution >= 0.6 is 0 Å². The van der Waals surface area contributed by atoms with Crippen LogP contribution in [0.5, 0.6) is 11.5 Å². The minimum Gasteiger partial charge on any atom is -0.423 e. The van der Waals surface area contributed by atoms with Gasteiger partial charge >= 0.3 is 11.9 Å². The normalized spacial score (nSPS) is 10.4. The van der Waals surface area contributed by atoms with Gasteiger partial charge in [-0.15, -0.1) is 0 Å². The standard InChI is InChI=1S/C28H22F2O4/c1-6-18-13-19(23-11-8-20(14-25(23)29)33-27(31)16(2)3)7-10-22(18)24-12-9-21(15-26(24)30)34-28(32)17(4)5/h6-15H,1-2,4H2,3,5H3. The molecule has 0 spiro atoms. The Kier molecular flexibility index (Phi) is 7.21. The van der Waals surface area contributed by atoms with Gasteiger partial charge in [-0.2, -0.15) is 0 Å². The molecule has 0 amide bonds. The molecular formula is C28H22F2O4. The van der Waals surface area contributed by atoms with Gasteiger partial charge in [-0.05, 0) is 60.9 Å². The van der Waals surface area contributed by atoms with Crippen LogP contribution in [-0.2, 0) is 9.59 Å². The van der Waals surface area contributed by atoms with Gasteiger partial charge < -0.3 is 9.47 Å². The van der Waals surface area contributed by atoms with Crippen molar-refractivity contribution < 1.29 is 27.8 Å². The molecule has 0 saturated heterocycles. The van der Waals surface area contributed by atoms with Crippen molar-refractivity contribution in [3.05, 3.63) is 103 Å². The summed E-state index contributed by atoms with van der Waals surface area (Å²) in [7, 11) is 0. The number of hydrogen-bond acceptors (Lipinski definition) is 4. The van der Waals surface area contributed by atoms with Gasteiger partial charge in [0.25, 0.3) is 0 Å². The molecule has 6 heteroatoms. The molecule has 34 heavy (non-hydrogen) atoms. The molecule has 3 rings (SSSR count). The maximum atomic E-state index is 14.8. The van der Waals surface area contributed by atoms with E-state index in [4.69, 9.17) is 9.47 Å².